The van der Waals surface area contributed by atoms with Crippen LogP contribution in [0.25, 0.3) is 22.3 Å². The lowest BCUT2D eigenvalue weighted by molar-refractivity contribution is 0.867. The molecule has 2 nitrogen and oxygen atoms in total. The summed E-state index contributed by atoms with van der Waals surface area (Å²) in [6, 6.07) is 60.8. The molecule has 0 radical (unpaired) electrons. The van der Waals surface area contributed by atoms with Gasteiger partial charge >= 0.3 is 0 Å². The molecule has 0 fully saturated rings. The topological polar surface area (TPSA) is 6.48 Å². The predicted octanol–water partition coefficient (Wildman–Crippen LogP) is 12.1. The summed E-state index contributed by atoms with van der Waals surface area (Å²) in [6.45, 7) is 16.4. The van der Waals surface area contributed by atoms with E-state index in [2.05, 4.69) is 216 Å². The SMILES string of the molecule is Cc1ccccc1N1c2ccc(C(C)C)cc2B2c3cc(C(C)C)ccc3N3c4ccc(C(C)C)cc4B4c5ccccc5Sc5c4c3c2c1c5-c1ccccc1-c1ccccc1. The van der Waals surface area contributed by atoms with Crippen LogP contribution in [0.3, 0.4) is 0 Å². The van der Waals surface area contributed by atoms with E-state index in [9.17, 15) is 0 Å². The summed E-state index contributed by atoms with van der Waals surface area (Å²) in [4.78, 5) is 8.09. The predicted molar refractivity (Wildman–Crippen MR) is 274 cm³/mol. The van der Waals surface area contributed by atoms with Crippen LogP contribution in [-0.2, 0) is 0 Å². The normalized spacial score (nSPS) is 13.9. The number of fused-ring (bicyclic) bond motifs is 10. The van der Waals surface area contributed by atoms with Crippen molar-refractivity contribution in [2.75, 3.05) is 9.80 Å². The fourth-order valence-corrected chi connectivity index (χ4v) is 12.5. The van der Waals surface area contributed by atoms with Crippen molar-refractivity contribution in [3.63, 3.8) is 0 Å². The van der Waals surface area contributed by atoms with Gasteiger partial charge in [-0.25, -0.2) is 0 Å². The molecule has 12 rings (SSSR count). The molecule has 0 unspecified atom stereocenters. The Morgan fingerprint density at radius 2 is 0.921 bits per heavy atom. The molecule has 0 aromatic heterocycles. The highest BCUT2D eigenvalue weighted by molar-refractivity contribution is 8.00. The molecule has 4 heterocycles. The molecule has 0 amide bonds. The zero-order valence-corrected chi connectivity index (χ0v) is 38.0. The maximum atomic E-state index is 2.71. The van der Waals surface area contributed by atoms with Gasteiger partial charge in [0.25, 0.3) is 6.71 Å². The number of rotatable bonds is 6. The van der Waals surface area contributed by atoms with Crippen molar-refractivity contribution < 1.29 is 0 Å². The van der Waals surface area contributed by atoms with Crippen molar-refractivity contribution in [2.45, 2.75) is 76.0 Å². The van der Waals surface area contributed by atoms with Gasteiger partial charge in [0.15, 0.2) is 0 Å². The van der Waals surface area contributed by atoms with Crippen molar-refractivity contribution in [1.29, 1.82) is 0 Å². The van der Waals surface area contributed by atoms with Crippen molar-refractivity contribution in [2.24, 2.45) is 0 Å². The minimum Gasteiger partial charge on any atom is -0.312 e. The standard InChI is InChI=1S/C58H50B2N2S/c1-34(2)39-26-29-50-45(31-39)59-44-22-14-16-24-52(44)63-58-53(43-21-13-12-20-42(43)38-18-9-8-10-19-38)56-54-57(55(58)59)62(50)51-30-27-41(36(5)6)33-47(51)60(54)46-32-40(35(3)4)25-28-49(46)61(56)48-23-15-11-17-37(48)7/h8-36H,1-7H3. The lowest BCUT2D eigenvalue weighted by Crippen LogP contribution is -2.68. The molecule has 0 spiro atoms. The first-order chi connectivity index (χ1) is 30.7. The molecule has 304 valence electrons. The Hall–Kier alpha value is -6.16. The van der Waals surface area contributed by atoms with Crippen LogP contribution in [0.5, 0.6) is 0 Å². The first-order valence-corrected chi connectivity index (χ1v) is 23.7. The highest BCUT2D eigenvalue weighted by Gasteiger charge is 2.52. The van der Waals surface area contributed by atoms with Gasteiger partial charge in [-0.2, -0.15) is 0 Å². The molecule has 0 aliphatic carbocycles. The van der Waals surface area contributed by atoms with E-state index in [1.165, 1.54) is 121 Å². The fourth-order valence-electron chi connectivity index (χ4n) is 11.2. The number of hydrogen-bond acceptors (Lipinski definition) is 3. The van der Waals surface area contributed by atoms with E-state index in [0.717, 1.165) is 0 Å². The summed E-state index contributed by atoms with van der Waals surface area (Å²) < 4.78 is 0. The molecule has 0 atom stereocenters. The maximum absolute atomic E-state index is 2.71. The smallest absolute Gasteiger partial charge is 0.252 e. The highest BCUT2D eigenvalue weighted by Crippen LogP contribution is 2.55. The van der Waals surface area contributed by atoms with E-state index in [4.69, 9.17) is 0 Å². The third-order valence-corrected chi connectivity index (χ3v) is 15.6. The van der Waals surface area contributed by atoms with E-state index in [1.807, 2.05) is 11.8 Å². The molecule has 0 saturated heterocycles. The molecule has 8 aromatic rings. The second kappa shape index (κ2) is 14.4. The summed E-state index contributed by atoms with van der Waals surface area (Å²) in [5.74, 6) is 1.18. The first kappa shape index (κ1) is 38.5. The van der Waals surface area contributed by atoms with Crippen LogP contribution in [-0.4, -0.2) is 13.4 Å². The molecule has 0 N–H and O–H groups in total. The summed E-state index contributed by atoms with van der Waals surface area (Å²) in [5, 5.41) is 0. The Bertz CT molecular complexity index is 3190. The van der Waals surface area contributed by atoms with Crippen LogP contribution in [0, 0.1) is 6.92 Å². The largest absolute Gasteiger partial charge is 0.312 e. The van der Waals surface area contributed by atoms with Gasteiger partial charge < -0.3 is 9.80 Å². The Morgan fingerprint density at radius 3 is 1.51 bits per heavy atom. The summed E-state index contributed by atoms with van der Waals surface area (Å²) in [5.41, 5.74) is 26.7. The van der Waals surface area contributed by atoms with Gasteiger partial charge in [0.05, 0.1) is 5.69 Å². The zero-order chi connectivity index (χ0) is 42.8. The molecule has 4 aliphatic rings. The van der Waals surface area contributed by atoms with Gasteiger partial charge in [-0.3, -0.25) is 0 Å². The number of hydrogen-bond donors (Lipinski definition) is 0. The monoisotopic (exact) mass is 828 g/mol. The third kappa shape index (κ3) is 5.61. The summed E-state index contributed by atoms with van der Waals surface area (Å²) in [6.07, 6.45) is 0. The van der Waals surface area contributed by atoms with E-state index in [0.29, 0.717) is 17.8 Å². The molecule has 8 aromatic carbocycles. The zero-order valence-electron chi connectivity index (χ0n) is 37.2. The van der Waals surface area contributed by atoms with Crippen molar-refractivity contribution in [1.82, 2.24) is 0 Å². The molecule has 63 heavy (non-hydrogen) atoms. The second-order valence-electron chi connectivity index (χ2n) is 19.0. The number of anilines is 6. The van der Waals surface area contributed by atoms with Gasteiger partial charge in [-0.1, -0.05) is 186 Å². The number of benzene rings is 8. The average Bonchev–Trinajstić information content (AvgIpc) is 3.31. The first-order valence-electron chi connectivity index (χ1n) is 22.9. The summed E-state index contributed by atoms with van der Waals surface area (Å²) in [7, 11) is 0. The molecule has 5 heteroatoms. The minimum atomic E-state index is 0.0150. The van der Waals surface area contributed by atoms with Gasteiger partial charge in [0, 0.05) is 43.8 Å². The van der Waals surface area contributed by atoms with Crippen molar-refractivity contribution in [3.8, 4) is 22.3 Å². The molecular formula is C58H50B2N2S. The Morgan fingerprint density at radius 1 is 0.429 bits per heavy atom. The van der Waals surface area contributed by atoms with Crippen LogP contribution in [0.2, 0.25) is 0 Å². The van der Waals surface area contributed by atoms with Crippen LogP contribution < -0.4 is 42.6 Å². The average molecular weight is 829 g/mol. The molecule has 4 aliphatic heterocycles. The van der Waals surface area contributed by atoms with Crippen LogP contribution in [0.4, 0.5) is 34.1 Å². The van der Waals surface area contributed by atoms with E-state index >= 15 is 0 Å². The van der Waals surface area contributed by atoms with Crippen LogP contribution >= 0.6 is 11.8 Å². The Balaban J connectivity index is 1.33. The lowest BCUT2D eigenvalue weighted by Gasteiger charge is -2.51. The van der Waals surface area contributed by atoms with Crippen molar-refractivity contribution >= 4 is 92.1 Å². The number of nitrogens with zero attached hydrogens (tertiary/aromatic N) is 2. The second-order valence-corrected chi connectivity index (χ2v) is 20.1. The molecular weight excluding hydrogens is 778 g/mol. The Labute approximate surface area is 378 Å². The van der Waals surface area contributed by atoms with E-state index in [-0.39, 0.29) is 13.4 Å². The van der Waals surface area contributed by atoms with E-state index < -0.39 is 0 Å². The number of aryl methyl sites for hydroxylation is 1. The van der Waals surface area contributed by atoms with Gasteiger partial charge in [0.2, 0.25) is 6.71 Å². The van der Waals surface area contributed by atoms with Crippen molar-refractivity contribution in [3.05, 3.63) is 180 Å². The lowest BCUT2D eigenvalue weighted by atomic mass is 9.29. The molecule has 0 bridgehead atoms. The quantitative estimate of drug-likeness (QED) is 0.154. The van der Waals surface area contributed by atoms with Crippen LogP contribution in [0.15, 0.2) is 168 Å². The van der Waals surface area contributed by atoms with Gasteiger partial charge in [-0.15, -0.1) is 0 Å². The van der Waals surface area contributed by atoms with Crippen LogP contribution in [0.1, 0.15) is 81.5 Å². The fraction of sp³-hybridized carbons (Fsp3) is 0.172. The van der Waals surface area contributed by atoms with Gasteiger partial charge in [0.1, 0.15) is 0 Å². The van der Waals surface area contributed by atoms with E-state index in [1.54, 1.807) is 0 Å². The summed E-state index contributed by atoms with van der Waals surface area (Å²) >= 11 is 1.98. The third-order valence-electron chi connectivity index (χ3n) is 14.4. The molecule has 0 saturated carbocycles. The minimum absolute atomic E-state index is 0.0150. The van der Waals surface area contributed by atoms with Gasteiger partial charge in [-0.05, 0) is 121 Å². The highest BCUT2D eigenvalue weighted by atomic mass is 32.2. The number of para-hydroxylation sites is 1. The Kier molecular flexibility index (Phi) is 8.83. The maximum Gasteiger partial charge on any atom is 0.252 e.